The highest BCUT2D eigenvalue weighted by Gasteiger charge is 2.09. The van der Waals surface area contributed by atoms with Gasteiger partial charge in [0.2, 0.25) is 0 Å². The Bertz CT molecular complexity index is 66.5. The first-order chi connectivity index (χ1) is 3.43. The highest BCUT2D eigenvalue weighted by atomic mass is 32.1. The SMILES string of the molecule is S=C[C@@H]1CCNC1. The lowest BCUT2D eigenvalue weighted by Gasteiger charge is -1.92. The molecule has 1 saturated heterocycles. The fraction of sp³-hybridized carbons (Fsp3) is 0.800. The number of hydrogen-bond acceptors (Lipinski definition) is 2. The molecule has 2 heteroatoms. The summed E-state index contributed by atoms with van der Waals surface area (Å²) in [6.45, 7) is 2.25. The highest BCUT2D eigenvalue weighted by Crippen LogP contribution is 2.02. The van der Waals surface area contributed by atoms with Crippen LogP contribution in [0.5, 0.6) is 0 Å². The standard InChI is InChI=1S/C5H9NS/c7-4-5-1-2-6-3-5/h4-6H,1-3H2/t5-/m1/s1. The van der Waals surface area contributed by atoms with Crippen LogP contribution in [0.2, 0.25) is 0 Å². The Labute approximate surface area is 49.1 Å². The fourth-order valence-electron chi connectivity index (χ4n) is 0.793. The predicted octanol–water partition coefficient (Wildman–Crippen LogP) is 0.596. The smallest absolute Gasteiger partial charge is 0.00229 e. The maximum absolute atomic E-state index is 4.75. The maximum atomic E-state index is 4.75. The third-order valence-corrected chi connectivity index (χ3v) is 1.68. The van der Waals surface area contributed by atoms with Gasteiger partial charge in [0.15, 0.2) is 0 Å². The van der Waals surface area contributed by atoms with E-state index >= 15 is 0 Å². The second-order valence-electron chi connectivity index (χ2n) is 1.89. The van der Waals surface area contributed by atoms with Gasteiger partial charge in [-0.15, -0.1) is 0 Å². The van der Waals surface area contributed by atoms with Crippen LogP contribution in [0.15, 0.2) is 0 Å². The first kappa shape index (κ1) is 5.19. The first-order valence-electron chi connectivity index (χ1n) is 2.59. The summed E-state index contributed by atoms with van der Waals surface area (Å²) >= 11 is 4.75. The van der Waals surface area contributed by atoms with E-state index in [1.54, 1.807) is 0 Å². The molecule has 0 amide bonds. The molecule has 40 valence electrons. The van der Waals surface area contributed by atoms with E-state index in [1.807, 2.05) is 5.37 Å². The van der Waals surface area contributed by atoms with Gasteiger partial charge < -0.3 is 5.32 Å². The average Bonchev–Trinajstić information content (AvgIpc) is 2.14. The van der Waals surface area contributed by atoms with Crippen LogP contribution in [0, 0.1) is 5.92 Å². The predicted molar refractivity (Wildman–Crippen MR) is 34.6 cm³/mol. The highest BCUT2D eigenvalue weighted by molar-refractivity contribution is 7.79. The molecule has 0 spiro atoms. The van der Waals surface area contributed by atoms with Gasteiger partial charge in [-0.3, -0.25) is 0 Å². The quantitative estimate of drug-likeness (QED) is 0.502. The molecular weight excluding hydrogens is 106 g/mol. The Hall–Kier alpha value is 0.0500. The van der Waals surface area contributed by atoms with Gasteiger partial charge in [0.05, 0.1) is 0 Å². The van der Waals surface area contributed by atoms with E-state index in [9.17, 15) is 0 Å². The Balaban J connectivity index is 2.26. The lowest BCUT2D eigenvalue weighted by Crippen LogP contribution is -2.08. The van der Waals surface area contributed by atoms with Crippen molar-refractivity contribution in [2.75, 3.05) is 13.1 Å². The second kappa shape index (κ2) is 2.38. The van der Waals surface area contributed by atoms with Gasteiger partial charge >= 0.3 is 0 Å². The Morgan fingerprint density at radius 1 is 1.71 bits per heavy atom. The van der Waals surface area contributed by atoms with Crippen molar-refractivity contribution in [3.05, 3.63) is 0 Å². The molecule has 1 rings (SSSR count). The van der Waals surface area contributed by atoms with E-state index in [2.05, 4.69) is 5.32 Å². The van der Waals surface area contributed by atoms with Crippen LogP contribution in [-0.4, -0.2) is 18.5 Å². The summed E-state index contributed by atoms with van der Waals surface area (Å²) in [6.07, 6.45) is 1.24. The van der Waals surface area contributed by atoms with Crippen LogP contribution < -0.4 is 5.32 Å². The molecule has 1 fully saturated rings. The van der Waals surface area contributed by atoms with Crippen molar-refractivity contribution < 1.29 is 0 Å². The van der Waals surface area contributed by atoms with Gasteiger partial charge in [0.1, 0.15) is 0 Å². The molecule has 1 atom stereocenters. The Morgan fingerprint density at radius 3 is 2.86 bits per heavy atom. The molecule has 1 N–H and O–H groups in total. The molecule has 0 saturated carbocycles. The van der Waals surface area contributed by atoms with Crippen LogP contribution in [-0.2, 0) is 0 Å². The monoisotopic (exact) mass is 115 g/mol. The van der Waals surface area contributed by atoms with Crippen molar-refractivity contribution in [1.82, 2.24) is 5.32 Å². The third kappa shape index (κ3) is 1.21. The van der Waals surface area contributed by atoms with Crippen LogP contribution in [0.1, 0.15) is 6.42 Å². The van der Waals surface area contributed by atoms with Gasteiger partial charge in [0, 0.05) is 12.5 Å². The molecule has 0 radical (unpaired) electrons. The van der Waals surface area contributed by atoms with Crippen molar-refractivity contribution in [1.29, 1.82) is 0 Å². The van der Waals surface area contributed by atoms with E-state index < -0.39 is 0 Å². The summed E-state index contributed by atoms with van der Waals surface area (Å²) in [4.78, 5) is 0. The molecule has 0 aliphatic carbocycles. The number of nitrogens with one attached hydrogen (secondary N) is 1. The van der Waals surface area contributed by atoms with Crippen molar-refractivity contribution in [2.45, 2.75) is 6.42 Å². The van der Waals surface area contributed by atoms with Crippen molar-refractivity contribution in [3.8, 4) is 0 Å². The average molecular weight is 115 g/mol. The van der Waals surface area contributed by atoms with E-state index in [-0.39, 0.29) is 0 Å². The van der Waals surface area contributed by atoms with Gasteiger partial charge in [-0.05, 0) is 18.3 Å². The summed E-state index contributed by atoms with van der Waals surface area (Å²) in [7, 11) is 0. The minimum absolute atomic E-state index is 0.676. The van der Waals surface area contributed by atoms with Crippen molar-refractivity contribution in [3.63, 3.8) is 0 Å². The number of hydrogen-bond donors (Lipinski definition) is 1. The molecule has 7 heavy (non-hydrogen) atoms. The van der Waals surface area contributed by atoms with E-state index in [0.29, 0.717) is 5.92 Å². The zero-order valence-corrected chi connectivity index (χ0v) is 5.00. The molecule has 1 aliphatic heterocycles. The molecule has 1 heterocycles. The Kier molecular flexibility index (Phi) is 1.77. The van der Waals surface area contributed by atoms with Crippen LogP contribution in [0.3, 0.4) is 0 Å². The molecule has 1 nitrogen and oxygen atoms in total. The van der Waals surface area contributed by atoms with Crippen LogP contribution in [0.4, 0.5) is 0 Å². The molecule has 0 aromatic carbocycles. The maximum Gasteiger partial charge on any atom is 0.00229 e. The number of rotatable bonds is 1. The Morgan fingerprint density at radius 2 is 2.57 bits per heavy atom. The summed E-state index contributed by atoms with van der Waals surface area (Å²) in [6, 6.07) is 0. The van der Waals surface area contributed by atoms with Gasteiger partial charge in [-0.25, -0.2) is 0 Å². The lowest BCUT2D eigenvalue weighted by atomic mass is 10.2. The van der Waals surface area contributed by atoms with E-state index in [1.165, 1.54) is 6.42 Å². The third-order valence-electron chi connectivity index (χ3n) is 1.29. The minimum atomic E-state index is 0.676. The molecule has 1 aliphatic rings. The molecule has 0 aromatic heterocycles. The summed E-state index contributed by atoms with van der Waals surface area (Å²) in [5.74, 6) is 0.676. The normalized spacial score (nSPS) is 30.6. The summed E-state index contributed by atoms with van der Waals surface area (Å²) in [5, 5.41) is 5.09. The van der Waals surface area contributed by atoms with E-state index in [4.69, 9.17) is 12.2 Å². The van der Waals surface area contributed by atoms with Crippen LogP contribution in [0.25, 0.3) is 0 Å². The molecule has 0 aromatic rings. The molecule has 0 bridgehead atoms. The molecular formula is C5H9NS. The van der Waals surface area contributed by atoms with Gasteiger partial charge in [0.25, 0.3) is 0 Å². The summed E-state index contributed by atoms with van der Waals surface area (Å²) in [5.41, 5.74) is 0. The lowest BCUT2D eigenvalue weighted by molar-refractivity contribution is 0.795. The first-order valence-corrected chi connectivity index (χ1v) is 3.06. The van der Waals surface area contributed by atoms with Crippen LogP contribution >= 0.6 is 12.2 Å². The van der Waals surface area contributed by atoms with E-state index in [0.717, 1.165) is 13.1 Å². The largest absolute Gasteiger partial charge is 0.316 e. The topological polar surface area (TPSA) is 12.0 Å². The second-order valence-corrected chi connectivity index (χ2v) is 2.16. The molecule has 0 unspecified atom stereocenters. The zero-order valence-electron chi connectivity index (χ0n) is 4.18. The minimum Gasteiger partial charge on any atom is -0.316 e. The number of thiocarbonyl (C=S) groups is 1. The van der Waals surface area contributed by atoms with Gasteiger partial charge in [-0.2, -0.15) is 0 Å². The van der Waals surface area contributed by atoms with Gasteiger partial charge in [-0.1, -0.05) is 12.2 Å². The van der Waals surface area contributed by atoms with Crippen molar-refractivity contribution >= 4 is 17.6 Å². The van der Waals surface area contributed by atoms with Crippen molar-refractivity contribution in [2.24, 2.45) is 5.92 Å². The fourth-order valence-corrected chi connectivity index (χ4v) is 1.03. The summed E-state index contributed by atoms with van der Waals surface area (Å²) < 4.78 is 0. The zero-order chi connectivity index (χ0) is 5.11.